The minimum atomic E-state index is -3.41. The maximum absolute atomic E-state index is 12.6. The first-order chi connectivity index (χ1) is 13.9. The summed E-state index contributed by atoms with van der Waals surface area (Å²) >= 11 is 6.33. The number of hydrogen-bond acceptors (Lipinski definition) is 3. The molecule has 0 atom stereocenters. The summed E-state index contributed by atoms with van der Waals surface area (Å²) in [6.07, 6.45) is 1.26. The van der Waals surface area contributed by atoms with Crippen LogP contribution in [0.4, 0.5) is 0 Å². The van der Waals surface area contributed by atoms with Crippen LogP contribution in [0, 0.1) is 0 Å². The predicted molar refractivity (Wildman–Crippen MR) is 120 cm³/mol. The zero-order valence-electron chi connectivity index (χ0n) is 16.1. The predicted octanol–water partition coefficient (Wildman–Crippen LogP) is 5.20. The lowest BCUT2D eigenvalue weighted by molar-refractivity contribution is 0.203. The van der Waals surface area contributed by atoms with Crippen molar-refractivity contribution in [2.45, 2.75) is 6.04 Å². The molecule has 0 N–H and O–H groups in total. The van der Waals surface area contributed by atoms with Crippen molar-refractivity contribution in [3.8, 4) is 0 Å². The molecule has 3 nitrogen and oxygen atoms in total. The molecule has 1 heterocycles. The summed E-state index contributed by atoms with van der Waals surface area (Å²) in [7, 11) is -3.41. The summed E-state index contributed by atoms with van der Waals surface area (Å²) in [5.41, 5.74) is 3.87. The molecule has 29 heavy (non-hydrogen) atoms. The highest BCUT2D eigenvalue weighted by atomic mass is 35.5. The Labute approximate surface area is 177 Å². The van der Waals surface area contributed by atoms with Crippen LogP contribution in [0.3, 0.4) is 0 Å². The highest BCUT2D eigenvalue weighted by Crippen LogP contribution is 2.39. The molecular weight excluding hydrogens is 402 g/mol. The second-order valence-corrected chi connectivity index (χ2v) is 9.67. The molecule has 0 radical (unpaired) electrons. The highest BCUT2D eigenvalue weighted by Gasteiger charge is 2.34. The average molecular weight is 424 g/mol. The quantitative estimate of drug-likeness (QED) is 0.566. The van der Waals surface area contributed by atoms with E-state index in [0.717, 1.165) is 5.57 Å². The van der Waals surface area contributed by atoms with Crippen LogP contribution in [0.2, 0.25) is 5.02 Å². The second kappa shape index (κ2) is 8.15. The van der Waals surface area contributed by atoms with E-state index >= 15 is 0 Å². The van der Waals surface area contributed by atoms with Gasteiger partial charge in [0.1, 0.15) is 0 Å². The Hall–Kier alpha value is -2.40. The van der Waals surface area contributed by atoms with Gasteiger partial charge in [-0.25, -0.2) is 8.42 Å². The Balaban J connectivity index is 1.72. The Kier molecular flexibility index (Phi) is 5.59. The van der Waals surface area contributed by atoms with Gasteiger partial charge in [0.15, 0.2) is 9.84 Å². The molecule has 0 spiro atoms. The normalized spacial score (nSPS) is 14.7. The number of halogens is 1. The van der Waals surface area contributed by atoms with Crippen LogP contribution in [0.5, 0.6) is 0 Å². The van der Waals surface area contributed by atoms with Crippen LogP contribution < -0.4 is 0 Å². The number of sulfone groups is 1. The minimum absolute atomic E-state index is 0.0770. The molecule has 0 aliphatic carbocycles. The van der Waals surface area contributed by atoms with E-state index in [4.69, 9.17) is 11.6 Å². The molecule has 5 heteroatoms. The lowest BCUT2D eigenvalue weighted by atomic mass is 9.92. The molecule has 0 aromatic heterocycles. The van der Waals surface area contributed by atoms with E-state index < -0.39 is 9.84 Å². The van der Waals surface area contributed by atoms with E-state index in [1.807, 2.05) is 48.5 Å². The van der Waals surface area contributed by atoms with E-state index in [-0.39, 0.29) is 6.04 Å². The maximum Gasteiger partial charge on any atom is 0.176 e. The van der Waals surface area contributed by atoms with Gasteiger partial charge in [-0.2, -0.15) is 0 Å². The smallest absolute Gasteiger partial charge is 0.176 e. The monoisotopic (exact) mass is 423 g/mol. The van der Waals surface area contributed by atoms with Gasteiger partial charge in [-0.1, -0.05) is 90.5 Å². The topological polar surface area (TPSA) is 37.4 Å². The summed E-state index contributed by atoms with van der Waals surface area (Å²) in [4.78, 5) is 2.65. The first-order valence-corrected chi connectivity index (χ1v) is 11.7. The highest BCUT2D eigenvalue weighted by molar-refractivity contribution is 8.00. The number of nitrogens with zero attached hydrogens (tertiary/aromatic N) is 1. The molecule has 3 aromatic carbocycles. The lowest BCUT2D eigenvalue weighted by Gasteiger charge is -2.42. The van der Waals surface area contributed by atoms with Crippen LogP contribution in [0.1, 0.15) is 22.7 Å². The van der Waals surface area contributed by atoms with Gasteiger partial charge in [0, 0.05) is 29.9 Å². The summed E-state index contributed by atoms with van der Waals surface area (Å²) < 4.78 is 25.2. The maximum atomic E-state index is 12.6. The molecule has 0 unspecified atom stereocenters. The fourth-order valence-electron chi connectivity index (χ4n) is 3.95. The molecule has 1 fully saturated rings. The zero-order valence-corrected chi connectivity index (χ0v) is 17.7. The van der Waals surface area contributed by atoms with Crippen LogP contribution in [-0.2, 0) is 9.84 Å². The van der Waals surface area contributed by atoms with E-state index in [9.17, 15) is 8.42 Å². The summed E-state index contributed by atoms with van der Waals surface area (Å²) in [6.45, 7) is 1.17. The van der Waals surface area contributed by atoms with Crippen molar-refractivity contribution in [2.24, 2.45) is 0 Å². The van der Waals surface area contributed by atoms with Crippen molar-refractivity contribution >= 4 is 26.3 Å². The third-order valence-electron chi connectivity index (χ3n) is 5.19. The lowest BCUT2D eigenvalue weighted by Crippen LogP contribution is -2.44. The standard InChI is InChI=1S/C24H22ClNO2S/c1-29(27,28)24(21-14-8-9-15-22(21)25)20-16-26(17-20)23(18-10-4-2-5-11-18)19-12-6-3-7-13-19/h2-15,23H,16-17H2,1H3. The molecule has 1 aliphatic rings. The second-order valence-electron chi connectivity index (χ2n) is 7.31. The molecular formula is C24H22ClNO2S. The van der Waals surface area contributed by atoms with Crippen molar-refractivity contribution in [2.75, 3.05) is 19.3 Å². The summed E-state index contributed by atoms with van der Waals surface area (Å²) in [5.74, 6) is 0. The van der Waals surface area contributed by atoms with Crippen molar-refractivity contribution in [3.05, 3.63) is 112 Å². The molecule has 148 valence electrons. The van der Waals surface area contributed by atoms with Crippen molar-refractivity contribution in [3.63, 3.8) is 0 Å². The van der Waals surface area contributed by atoms with Gasteiger partial charge in [-0.05, 0) is 22.8 Å². The number of likely N-dealkylation sites (tertiary alicyclic amines) is 1. The van der Waals surface area contributed by atoms with Crippen LogP contribution in [0.25, 0.3) is 4.91 Å². The number of benzene rings is 3. The molecule has 1 aliphatic heterocycles. The van der Waals surface area contributed by atoms with Crippen molar-refractivity contribution < 1.29 is 8.42 Å². The summed E-state index contributed by atoms with van der Waals surface area (Å²) in [5, 5.41) is 0.460. The van der Waals surface area contributed by atoms with Crippen LogP contribution >= 0.6 is 11.6 Å². The number of hydrogen-bond donors (Lipinski definition) is 0. The van der Waals surface area contributed by atoms with Crippen LogP contribution in [0.15, 0.2) is 90.5 Å². The molecule has 0 amide bonds. The molecule has 0 saturated carbocycles. The van der Waals surface area contributed by atoms with Crippen LogP contribution in [-0.4, -0.2) is 32.7 Å². The Morgan fingerprint density at radius 2 is 1.31 bits per heavy atom. The van der Waals surface area contributed by atoms with Gasteiger partial charge in [-0.3, -0.25) is 4.90 Å². The van der Waals surface area contributed by atoms with Gasteiger partial charge in [0.25, 0.3) is 0 Å². The minimum Gasteiger partial charge on any atom is -0.284 e. The largest absolute Gasteiger partial charge is 0.284 e. The molecule has 0 bridgehead atoms. The third-order valence-corrected chi connectivity index (χ3v) is 6.77. The zero-order chi connectivity index (χ0) is 20.4. The summed E-state index contributed by atoms with van der Waals surface area (Å²) in [6, 6.07) is 27.8. The molecule has 1 saturated heterocycles. The SMILES string of the molecule is CS(=O)(=O)C(=C1CN(C(c2ccccc2)c2ccccc2)C1)c1ccccc1Cl. The van der Waals surface area contributed by atoms with Gasteiger partial charge >= 0.3 is 0 Å². The van der Waals surface area contributed by atoms with E-state index in [1.54, 1.807) is 12.1 Å². The Morgan fingerprint density at radius 3 is 1.79 bits per heavy atom. The van der Waals surface area contributed by atoms with Crippen molar-refractivity contribution in [1.29, 1.82) is 0 Å². The first-order valence-electron chi connectivity index (χ1n) is 9.46. The van der Waals surface area contributed by atoms with E-state index in [1.165, 1.54) is 17.4 Å². The Bertz CT molecular complexity index is 1090. The average Bonchev–Trinajstić information content (AvgIpc) is 2.68. The van der Waals surface area contributed by atoms with Gasteiger partial charge in [-0.15, -0.1) is 0 Å². The third kappa shape index (κ3) is 4.15. The van der Waals surface area contributed by atoms with Gasteiger partial charge in [0.2, 0.25) is 0 Å². The first kappa shape index (κ1) is 19.9. The molecule has 4 rings (SSSR count). The van der Waals surface area contributed by atoms with Gasteiger partial charge < -0.3 is 0 Å². The van der Waals surface area contributed by atoms with E-state index in [2.05, 4.69) is 29.2 Å². The fourth-order valence-corrected chi connectivity index (χ4v) is 5.47. The van der Waals surface area contributed by atoms with Gasteiger partial charge in [0.05, 0.1) is 10.9 Å². The Morgan fingerprint density at radius 1 is 0.828 bits per heavy atom. The van der Waals surface area contributed by atoms with Crippen molar-refractivity contribution in [1.82, 2.24) is 4.90 Å². The fraction of sp³-hybridized carbons (Fsp3) is 0.167. The molecule has 3 aromatic rings. The van der Waals surface area contributed by atoms with E-state index in [0.29, 0.717) is 28.6 Å². The number of rotatable bonds is 5.